The van der Waals surface area contributed by atoms with Gasteiger partial charge in [0.2, 0.25) is 0 Å². The third kappa shape index (κ3) is 4.34. The molecule has 36 heavy (non-hydrogen) atoms. The molecule has 0 amide bonds. The summed E-state index contributed by atoms with van der Waals surface area (Å²) in [5, 5.41) is 3.29. The number of carbonyl (C=O) groups excluding carboxylic acids is 2. The number of ether oxygens (including phenoxy) is 2. The number of carbonyl (C=O) groups is 2. The van der Waals surface area contributed by atoms with Gasteiger partial charge in [0.15, 0.2) is 5.78 Å². The molecular formula is C28H20FI2NO4. The van der Waals surface area contributed by atoms with Gasteiger partial charge in [-0.2, -0.15) is 0 Å². The zero-order chi connectivity index (χ0) is 25.6. The molecule has 0 fully saturated rings. The Labute approximate surface area is 235 Å². The Hall–Kier alpha value is -2.73. The average Bonchev–Trinajstić information content (AvgIpc) is 3.13. The predicted octanol–water partition coefficient (Wildman–Crippen LogP) is 6.36. The molecule has 0 aromatic heterocycles. The zero-order valence-corrected chi connectivity index (χ0v) is 23.6. The summed E-state index contributed by atoms with van der Waals surface area (Å²) in [7, 11) is 1.34. The second-order valence-electron chi connectivity index (χ2n) is 8.48. The van der Waals surface area contributed by atoms with Crippen molar-refractivity contribution in [3.8, 4) is 5.75 Å². The monoisotopic (exact) mass is 707 g/mol. The van der Waals surface area contributed by atoms with Crippen molar-refractivity contribution in [1.29, 1.82) is 0 Å². The van der Waals surface area contributed by atoms with Crippen molar-refractivity contribution in [2.75, 3.05) is 7.11 Å². The Morgan fingerprint density at radius 2 is 1.72 bits per heavy atom. The maximum Gasteiger partial charge on any atom is 0.336 e. The van der Waals surface area contributed by atoms with Crippen molar-refractivity contribution in [1.82, 2.24) is 5.32 Å². The Balaban J connectivity index is 1.58. The van der Waals surface area contributed by atoms with E-state index in [0.29, 0.717) is 28.2 Å². The molecule has 182 valence electrons. The van der Waals surface area contributed by atoms with Crippen LogP contribution < -0.4 is 10.1 Å². The Bertz CT molecular complexity index is 1470. The predicted molar refractivity (Wildman–Crippen MR) is 151 cm³/mol. The van der Waals surface area contributed by atoms with Gasteiger partial charge in [0.1, 0.15) is 18.2 Å². The Kier molecular flexibility index (Phi) is 6.90. The minimum atomic E-state index is -0.604. The lowest BCUT2D eigenvalue weighted by atomic mass is 9.80. The highest BCUT2D eigenvalue weighted by molar-refractivity contribution is 14.1. The topological polar surface area (TPSA) is 64.6 Å². The van der Waals surface area contributed by atoms with Gasteiger partial charge >= 0.3 is 5.97 Å². The van der Waals surface area contributed by atoms with Crippen LogP contribution in [0.15, 0.2) is 77.5 Å². The van der Waals surface area contributed by atoms with Gasteiger partial charge in [-0.25, -0.2) is 9.18 Å². The van der Waals surface area contributed by atoms with Gasteiger partial charge < -0.3 is 14.8 Å². The van der Waals surface area contributed by atoms with E-state index in [2.05, 4.69) is 50.5 Å². The molecule has 3 aromatic carbocycles. The van der Waals surface area contributed by atoms with E-state index in [-0.39, 0.29) is 18.2 Å². The summed E-state index contributed by atoms with van der Waals surface area (Å²) < 4.78 is 26.4. The molecule has 5 nitrogen and oxygen atoms in total. The second kappa shape index (κ2) is 9.97. The maximum absolute atomic E-state index is 13.6. The Morgan fingerprint density at radius 3 is 2.39 bits per heavy atom. The van der Waals surface area contributed by atoms with Gasteiger partial charge in [0.05, 0.1) is 25.5 Å². The number of allylic oxidation sites excluding steroid dienone is 2. The summed E-state index contributed by atoms with van der Waals surface area (Å²) >= 11 is 4.38. The maximum atomic E-state index is 13.6. The quantitative estimate of drug-likeness (QED) is 0.248. The van der Waals surface area contributed by atoms with Gasteiger partial charge in [-0.15, -0.1) is 0 Å². The molecule has 0 saturated carbocycles. The summed E-state index contributed by atoms with van der Waals surface area (Å²) in [4.78, 5) is 26.5. The average molecular weight is 707 g/mol. The van der Waals surface area contributed by atoms with E-state index in [0.717, 1.165) is 29.5 Å². The van der Waals surface area contributed by atoms with Gasteiger partial charge in [-0.3, -0.25) is 4.79 Å². The van der Waals surface area contributed by atoms with Crippen LogP contribution in [0.25, 0.3) is 5.70 Å². The van der Waals surface area contributed by atoms with Crippen LogP contribution in [0, 0.1) is 13.0 Å². The molecule has 0 radical (unpaired) electrons. The lowest BCUT2D eigenvalue weighted by molar-refractivity contribution is -0.136. The van der Waals surface area contributed by atoms with Crippen LogP contribution in [-0.2, 0) is 16.1 Å². The molecule has 0 spiro atoms. The van der Waals surface area contributed by atoms with Gasteiger partial charge in [-0.05, 0) is 87.5 Å². The van der Waals surface area contributed by atoms with Crippen LogP contribution in [0.3, 0.4) is 0 Å². The number of rotatable bonds is 5. The number of esters is 1. The summed E-state index contributed by atoms with van der Waals surface area (Å²) in [6.45, 7) is 2.03. The van der Waals surface area contributed by atoms with Crippen molar-refractivity contribution in [3.63, 3.8) is 0 Å². The minimum absolute atomic E-state index is 0.108. The highest BCUT2D eigenvalue weighted by Gasteiger charge is 2.43. The normalized spacial score (nSPS) is 16.5. The third-order valence-corrected chi connectivity index (χ3v) is 7.88. The van der Waals surface area contributed by atoms with Crippen molar-refractivity contribution in [2.45, 2.75) is 19.4 Å². The number of hydrogen-bond acceptors (Lipinski definition) is 5. The molecule has 0 saturated heterocycles. The van der Waals surface area contributed by atoms with Gasteiger partial charge in [-0.1, -0.05) is 36.4 Å². The van der Waals surface area contributed by atoms with Crippen LogP contribution in [0.1, 0.15) is 39.9 Å². The van der Waals surface area contributed by atoms with Crippen LogP contribution >= 0.6 is 45.2 Å². The van der Waals surface area contributed by atoms with E-state index in [1.165, 1.54) is 19.2 Å². The van der Waals surface area contributed by atoms with E-state index in [9.17, 15) is 14.0 Å². The first-order valence-electron chi connectivity index (χ1n) is 11.1. The van der Waals surface area contributed by atoms with Gasteiger partial charge in [0.25, 0.3) is 0 Å². The smallest absolute Gasteiger partial charge is 0.336 e. The molecule has 3 aromatic rings. The number of halogens is 3. The molecule has 8 heteroatoms. The molecule has 1 N–H and O–H groups in total. The van der Waals surface area contributed by atoms with E-state index >= 15 is 0 Å². The van der Waals surface area contributed by atoms with Crippen molar-refractivity contribution in [2.24, 2.45) is 0 Å². The van der Waals surface area contributed by atoms with Crippen LogP contribution in [-0.4, -0.2) is 18.9 Å². The molecule has 1 aliphatic carbocycles. The highest BCUT2D eigenvalue weighted by atomic mass is 127. The number of ketones is 1. The fourth-order valence-corrected chi connectivity index (χ4v) is 6.84. The Morgan fingerprint density at radius 1 is 1.03 bits per heavy atom. The summed E-state index contributed by atoms with van der Waals surface area (Å²) in [6.07, 6.45) is 0. The van der Waals surface area contributed by atoms with Gasteiger partial charge in [0, 0.05) is 28.3 Å². The summed E-state index contributed by atoms with van der Waals surface area (Å²) in [5.74, 6) is -0.854. The largest absolute Gasteiger partial charge is 0.487 e. The molecule has 1 heterocycles. The third-order valence-electron chi connectivity index (χ3n) is 6.28. The SMILES string of the molecule is COC(=O)C1=C(C)NC2=C(C(=O)c3ccccc32)[C@@H]1c1cc(I)c(OCc2cccc(F)c2)c(I)c1. The molecule has 1 atom stereocenters. The fraction of sp³-hybridized carbons (Fsp3) is 0.143. The van der Waals surface area contributed by atoms with E-state index in [1.54, 1.807) is 18.2 Å². The summed E-state index contributed by atoms with van der Waals surface area (Å²) in [6, 6.07) is 17.6. The van der Waals surface area contributed by atoms with E-state index in [1.807, 2.05) is 37.3 Å². The number of fused-ring (bicyclic) bond motifs is 2. The van der Waals surface area contributed by atoms with Crippen LogP contribution in [0.5, 0.6) is 5.75 Å². The molecular weight excluding hydrogens is 687 g/mol. The standard InChI is InChI=1S/C28H20FI2NO4/c1-14-22(28(34)35-2)23(24-25(32-14)18-8-3-4-9-19(18)26(24)33)16-11-20(30)27(21(31)12-16)36-13-15-6-5-7-17(29)10-15/h3-12,23,32H,13H2,1-2H3/t23-/m1/s1. The number of dihydropyridines is 1. The number of methoxy groups -OCH3 is 1. The molecule has 5 rings (SSSR count). The van der Waals surface area contributed by atoms with Crippen molar-refractivity contribution >= 4 is 62.6 Å². The highest BCUT2D eigenvalue weighted by Crippen LogP contribution is 2.48. The van der Waals surface area contributed by atoms with E-state index < -0.39 is 11.9 Å². The molecule has 1 aliphatic heterocycles. The zero-order valence-electron chi connectivity index (χ0n) is 19.3. The lowest BCUT2D eigenvalue weighted by Crippen LogP contribution is -2.29. The second-order valence-corrected chi connectivity index (χ2v) is 10.8. The number of nitrogens with one attached hydrogen (secondary N) is 1. The number of benzene rings is 3. The summed E-state index contributed by atoms with van der Waals surface area (Å²) in [5.41, 5.74) is 5.24. The first kappa shape index (κ1) is 24.9. The van der Waals surface area contributed by atoms with Crippen molar-refractivity contribution < 1.29 is 23.5 Å². The van der Waals surface area contributed by atoms with Crippen LogP contribution in [0.2, 0.25) is 0 Å². The fourth-order valence-electron chi connectivity index (χ4n) is 4.71. The van der Waals surface area contributed by atoms with E-state index in [4.69, 9.17) is 9.47 Å². The first-order chi connectivity index (χ1) is 17.3. The first-order valence-corrected chi connectivity index (χ1v) is 13.3. The number of Topliss-reactive ketones (excluding diaryl/α,β-unsaturated/α-hetero) is 1. The molecule has 2 aliphatic rings. The molecule has 0 unspecified atom stereocenters. The minimum Gasteiger partial charge on any atom is -0.487 e. The van der Waals surface area contributed by atoms with Crippen LogP contribution in [0.4, 0.5) is 4.39 Å². The number of hydrogen-bond donors (Lipinski definition) is 1. The lowest BCUT2D eigenvalue weighted by Gasteiger charge is -2.29. The van der Waals surface area contributed by atoms with Crippen molar-refractivity contribution in [3.05, 3.63) is 113 Å². The molecule has 0 bridgehead atoms.